The summed E-state index contributed by atoms with van der Waals surface area (Å²) in [6.45, 7) is 2.17. The van der Waals surface area contributed by atoms with Crippen LogP contribution in [0, 0.1) is 0 Å². The summed E-state index contributed by atoms with van der Waals surface area (Å²) in [4.78, 5) is 0. The van der Waals surface area contributed by atoms with Crippen molar-refractivity contribution in [2.75, 3.05) is 16.2 Å². The van der Waals surface area contributed by atoms with Crippen molar-refractivity contribution in [3.8, 4) is 0 Å². The van der Waals surface area contributed by atoms with E-state index in [1.54, 1.807) is 24.3 Å². The van der Waals surface area contributed by atoms with Crippen molar-refractivity contribution in [2.24, 2.45) is 0 Å². The first kappa shape index (κ1) is 15.8. The second kappa shape index (κ2) is 8.04. The molecule has 19 heavy (non-hydrogen) atoms. The fraction of sp³-hybridized carbons (Fsp3) is 0.571. The van der Waals surface area contributed by atoms with Gasteiger partial charge in [-0.3, -0.25) is 4.72 Å². The molecule has 0 spiro atoms. The van der Waals surface area contributed by atoms with Crippen LogP contribution in [0.5, 0.6) is 0 Å². The fourth-order valence-electron chi connectivity index (χ4n) is 1.88. The molecular weight excluding hydrogens is 260 g/mol. The maximum Gasteiger partial charge on any atom is 0.232 e. The third kappa shape index (κ3) is 6.47. The molecule has 0 bridgehead atoms. The highest BCUT2D eigenvalue weighted by atomic mass is 32.2. The number of unbranched alkanes of at least 4 members (excludes halogenated alkanes) is 5. The van der Waals surface area contributed by atoms with Crippen LogP contribution in [0.25, 0.3) is 0 Å². The largest absolute Gasteiger partial charge is 0.397 e. The molecule has 108 valence electrons. The molecule has 0 amide bonds. The number of nitrogens with two attached hydrogens (primary N) is 1. The SMILES string of the molecule is CCCCCCCCS(=O)(=O)Nc1ccccc1N. The van der Waals surface area contributed by atoms with Crippen molar-refractivity contribution < 1.29 is 8.42 Å². The van der Waals surface area contributed by atoms with Crippen LogP contribution in [0.3, 0.4) is 0 Å². The van der Waals surface area contributed by atoms with E-state index in [0.29, 0.717) is 17.8 Å². The van der Waals surface area contributed by atoms with Gasteiger partial charge >= 0.3 is 0 Å². The maximum absolute atomic E-state index is 11.9. The Balaban J connectivity index is 2.34. The predicted octanol–water partition coefficient (Wildman–Crippen LogP) is 3.37. The lowest BCUT2D eigenvalue weighted by molar-refractivity contribution is 0.588. The van der Waals surface area contributed by atoms with Gasteiger partial charge in [-0.2, -0.15) is 0 Å². The molecule has 1 aromatic rings. The zero-order valence-corrected chi connectivity index (χ0v) is 12.4. The van der Waals surface area contributed by atoms with E-state index in [1.807, 2.05) is 0 Å². The van der Waals surface area contributed by atoms with E-state index in [9.17, 15) is 8.42 Å². The molecule has 5 heteroatoms. The van der Waals surface area contributed by atoms with E-state index < -0.39 is 10.0 Å². The summed E-state index contributed by atoms with van der Waals surface area (Å²) in [6.07, 6.45) is 6.39. The van der Waals surface area contributed by atoms with Crippen molar-refractivity contribution in [3.05, 3.63) is 24.3 Å². The molecule has 4 nitrogen and oxygen atoms in total. The lowest BCUT2D eigenvalue weighted by Gasteiger charge is -2.09. The van der Waals surface area contributed by atoms with Crippen LogP contribution in [0.4, 0.5) is 11.4 Å². The smallest absolute Gasteiger partial charge is 0.232 e. The van der Waals surface area contributed by atoms with Gasteiger partial charge in [0.25, 0.3) is 0 Å². The first-order chi connectivity index (χ1) is 9.05. The van der Waals surface area contributed by atoms with E-state index in [1.165, 1.54) is 19.3 Å². The summed E-state index contributed by atoms with van der Waals surface area (Å²) < 4.78 is 26.3. The normalized spacial score (nSPS) is 11.4. The zero-order chi connectivity index (χ0) is 14.1. The van der Waals surface area contributed by atoms with E-state index in [-0.39, 0.29) is 5.75 Å². The van der Waals surface area contributed by atoms with Gasteiger partial charge in [0.2, 0.25) is 10.0 Å². The van der Waals surface area contributed by atoms with Crippen LogP contribution in [0.2, 0.25) is 0 Å². The Morgan fingerprint density at radius 3 is 2.37 bits per heavy atom. The quantitative estimate of drug-likeness (QED) is 0.539. The Kier molecular flexibility index (Phi) is 6.70. The molecule has 0 saturated carbocycles. The van der Waals surface area contributed by atoms with Crippen LogP contribution in [-0.2, 0) is 10.0 Å². The standard InChI is InChI=1S/C14H24N2O2S/c1-2-3-4-5-6-9-12-19(17,18)16-14-11-8-7-10-13(14)15/h7-8,10-11,16H,2-6,9,12,15H2,1H3. The second-order valence-corrected chi connectivity index (χ2v) is 6.62. The lowest BCUT2D eigenvalue weighted by Crippen LogP contribution is -2.17. The molecule has 0 fully saturated rings. The number of rotatable bonds is 9. The Morgan fingerprint density at radius 1 is 1.05 bits per heavy atom. The van der Waals surface area contributed by atoms with Gasteiger partial charge in [0.05, 0.1) is 17.1 Å². The fourth-order valence-corrected chi connectivity index (χ4v) is 3.09. The molecule has 0 atom stereocenters. The molecule has 0 heterocycles. The highest BCUT2D eigenvalue weighted by molar-refractivity contribution is 7.92. The predicted molar refractivity (Wildman–Crippen MR) is 81.6 cm³/mol. The molecule has 0 unspecified atom stereocenters. The summed E-state index contributed by atoms with van der Waals surface area (Å²) in [5.41, 5.74) is 6.63. The van der Waals surface area contributed by atoms with E-state index >= 15 is 0 Å². The minimum absolute atomic E-state index is 0.160. The molecular formula is C14H24N2O2S. The van der Waals surface area contributed by atoms with Crippen molar-refractivity contribution in [3.63, 3.8) is 0 Å². The van der Waals surface area contributed by atoms with Crippen molar-refractivity contribution >= 4 is 21.4 Å². The lowest BCUT2D eigenvalue weighted by atomic mass is 10.1. The van der Waals surface area contributed by atoms with Crippen LogP contribution < -0.4 is 10.5 Å². The number of benzene rings is 1. The van der Waals surface area contributed by atoms with E-state index in [4.69, 9.17) is 5.73 Å². The van der Waals surface area contributed by atoms with Gasteiger partial charge < -0.3 is 5.73 Å². The maximum atomic E-state index is 11.9. The third-order valence-corrected chi connectivity index (χ3v) is 4.35. The van der Waals surface area contributed by atoms with Gasteiger partial charge in [0, 0.05) is 0 Å². The molecule has 0 saturated heterocycles. The molecule has 0 aliphatic heterocycles. The van der Waals surface area contributed by atoms with Gasteiger partial charge in [-0.1, -0.05) is 51.2 Å². The molecule has 1 rings (SSSR count). The average molecular weight is 284 g/mol. The first-order valence-corrected chi connectivity index (χ1v) is 8.55. The minimum atomic E-state index is -3.28. The number of anilines is 2. The van der Waals surface area contributed by atoms with Gasteiger partial charge in [-0.05, 0) is 18.6 Å². The van der Waals surface area contributed by atoms with Crippen LogP contribution in [0.1, 0.15) is 45.4 Å². The Morgan fingerprint density at radius 2 is 1.68 bits per heavy atom. The number of hydrogen-bond donors (Lipinski definition) is 2. The van der Waals surface area contributed by atoms with Crippen LogP contribution in [0.15, 0.2) is 24.3 Å². The van der Waals surface area contributed by atoms with Gasteiger partial charge in [0.1, 0.15) is 0 Å². The summed E-state index contributed by atoms with van der Waals surface area (Å²) in [6, 6.07) is 6.90. The van der Waals surface area contributed by atoms with Crippen molar-refractivity contribution in [1.29, 1.82) is 0 Å². The Hall–Kier alpha value is -1.23. The molecule has 0 aliphatic carbocycles. The second-order valence-electron chi connectivity index (χ2n) is 4.78. The van der Waals surface area contributed by atoms with Gasteiger partial charge in [-0.15, -0.1) is 0 Å². The monoisotopic (exact) mass is 284 g/mol. The van der Waals surface area contributed by atoms with Crippen LogP contribution in [-0.4, -0.2) is 14.2 Å². The van der Waals surface area contributed by atoms with Gasteiger partial charge in [-0.25, -0.2) is 8.42 Å². The highest BCUT2D eigenvalue weighted by Gasteiger charge is 2.11. The number of hydrogen-bond acceptors (Lipinski definition) is 3. The molecule has 3 N–H and O–H groups in total. The summed E-state index contributed by atoms with van der Waals surface area (Å²) in [7, 11) is -3.28. The Bertz CT molecular complexity index is 472. The molecule has 1 aromatic carbocycles. The molecule has 0 aromatic heterocycles. The molecule has 0 aliphatic rings. The topological polar surface area (TPSA) is 72.2 Å². The molecule has 0 radical (unpaired) electrons. The minimum Gasteiger partial charge on any atom is -0.397 e. The van der Waals surface area contributed by atoms with Gasteiger partial charge in [0.15, 0.2) is 0 Å². The Labute approximate surface area is 116 Å². The summed E-state index contributed by atoms with van der Waals surface area (Å²) in [5, 5.41) is 0. The van der Waals surface area contributed by atoms with E-state index in [0.717, 1.165) is 12.8 Å². The number of nitrogen functional groups attached to an aromatic ring is 1. The highest BCUT2D eigenvalue weighted by Crippen LogP contribution is 2.18. The first-order valence-electron chi connectivity index (χ1n) is 6.90. The van der Waals surface area contributed by atoms with Crippen molar-refractivity contribution in [1.82, 2.24) is 0 Å². The summed E-state index contributed by atoms with van der Waals surface area (Å²) >= 11 is 0. The average Bonchev–Trinajstić information content (AvgIpc) is 2.36. The number of para-hydroxylation sites is 2. The number of nitrogens with one attached hydrogen (secondary N) is 1. The van der Waals surface area contributed by atoms with Crippen molar-refractivity contribution in [2.45, 2.75) is 45.4 Å². The van der Waals surface area contributed by atoms with Crippen LogP contribution >= 0.6 is 0 Å². The third-order valence-electron chi connectivity index (χ3n) is 2.99. The van der Waals surface area contributed by atoms with E-state index in [2.05, 4.69) is 11.6 Å². The number of sulfonamides is 1. The summed E-state index contributed by atoms with van der Waals surface area (Å²) in [5.74, 6) is 0.160. The zero-order valence-electron chi connectivity index (χ0n) is 11.6.